The molecule has 1 saturated carbocycles. The van der Waals surface area contributed by atoms with Crippen molar-refractivity contribution >= 4 is 22.8 Å². The Morgan fingerprint density at radius 2 is 2.25 bits per heavy atom. The SMILES string of the molecule is CNc1nc(N(C)C2CC2)c2cn[nH]c2n1. The van der Waals surface area contributed by atoms with Crippen molar-refractivity contribution < 1.29 is 0 Å². The Balaban J connectivity index is 2.15. The molecule has 0 aliphatic heterocycles. The maximum atomic E-state index is 4.50. The van der Waals surface area contributed by atoms with Crippen molar-refractivity contribution in [2.24, 2.45) is 0 Å². The summed E-state index contributed by atoms with van der Waals surface area (Å²) in [7, 11) is 3.89. The first kappa shape index (κ1) is 9.38. The summed E-state index contributed by atoms with van der Waals surface area (Å²) >= 11 is 0. The monoisotopic (exact) mass is 218 g/mol. The van der Waals surface area contributed by atoms with Crippen LogP contribution in [0.5, 0.6) is 0 Å². The number of H-pyrrole nitrogens is 1. The highest BCUT2D eigenvalue weighted by molar-refractivity contribution is 5.87. The molecule has 1 fully saturated rings. The lowest BCUT2D eigenvalue weighted by atomic mass is 10.3. The molecule has 0 atom stereocenters. The van der Waals surface area contributed by atoms with Gasteiger partial charge < -0.3 is 10.2 Å². The normalized spacial score (nSPS) is 15.4. The van der Waals surface area contributed by atoms with Crippen LogP contribution < -0.4 is 10.2 Å². The van der Waals surface area contributed by atoms with Gasteiger partial charge in [-0.2, -0.15) is 15.1 Å². The zero-order valence-electron chi connectivity index (χ0n) is 9.36. The number of fused-ring (bicyclic) bond motifs is 1. The minimum atomic E-state index is 0.623. The molecule has 2 N–H and O–H groups in total. The Morgan fingerprint density at radius 3 is 2.94 bits per heavy atom. The lowest BCUT2D eigenvalue weighted by molar-refractivity contribution is 0.895. The second-order valence-electron chi connectivity index (χ2n) is 4.10. The molecule has 0 bridgehead atoms. The molecule has 2 aromatic heterocycles. The van der Waals surface area contributed by atoms with Crippen molar-refractivity contribution in [3.05, 3.63) is 6.20 Å². The van der Waals surface area contributed by atoms with Gasteiger partial charge in [0.15, 0.2) is 5.65 Å². The van der Waals surface area contributed by atoms with Crippen molar-refractivity contribution in [3.8, 4) is 0 Å². The number of rotatable bonds is 3. The fraction of sp³-hybridized carbons (Fsp3) is 0.500. The van der Waals surface area contributed by atoms with Gasteiger partial charge in [-0.25, -0.2) is 0 Å². The summed E-state index contributed by atoms with van der Waals surface area (Å²) in [6, 6.07) is 0.623. The maximum Gasteiger partial charge on any atom is 0.226 e. The van der Waals surface area contributed by atoms with Crippen molar-refractivity contribution in [2.75, 3.05) is 24.3 Å². The zero-order chi connectivity index (χ0) is 11.1. The molecule has 16 heavy (non-hydrogen) atoms. The first-order valence-corrected chi connectivity index (χ1v) is 5.41. The van der Waals surface area contributed by atoms with Gasteiger partial charge in [-0.15, -0.1) is 0 Å². The van der Waals surface area contributed by atoms with E-state index in [9.17, 15) is 0 Å². The standard InChI is InChI=1S/C10H14N6/c1-11-10-13-8-7(5-12-15-8)9(14-10)16(2)6-3-4-6/h5-6H,3-4H2,1-2H3,(H2,11,12,13,14,15). The van der Waals surface area contributed by atoms with Gasteiger partial charge in [-0.05, 0) is 12.8 Å². The molecule has 0 amide bonds. The van der Waals surface area contributed by atoms with E-state index in [-0.39, 0.29) is 0 Å². The summed E-state index contributed by atoms with van der Waals surface area (Å²) < 4.78 is 0. The highest BCUT2D eigenvalue weighted by Gasteiger charge is 2.28. The number of aromatic amines is 1. The van der Waals surface area contributed by atoms with Gasteiger partial charge in [0.05, 0.1) is 11.6 Å². The largest absolute Gasteiger partial charge is 0.357 e. The van der Waals surface area contributed by atoms with Gasteiger partial charge in [0.1, 0.15) is 5.82 Å². The molecule has 0 unspecified atom stereocenters. The number of nitrogens with zero attached hydrogens (tertiary/aromatic N) is 4. The minimum absolute atomic E-state index is 0.623. The van der Waals surface area contributed by atoms with Crippen LogP contribution in [0, 0.1) is 0 Å². The van der Waals surface area contributed by atoms with Gasteiger partial charge in [-0.3, -0.25) is 5.10 Å². The van der Waals surface area contributed by atoms with Crippen LogP contribution in [-0.2, 0) is 0 Å². The van der Waals surface area contributed by atoms with E-state index in [2.05, 4.69) is 37.4 Å². The van der Waals surface area contributed by atoms with Crippen molar-refractivity contribution in [1.29, 1.82) is 0 Å². The zero-order valence-corrected chi connectivity index (χ0v) is 9.36. The molecule has 0 spiro atoms. The van der Waals surface area contributed by atoms with Gasteiger partial charge in [0, 0.05) is 20.1 Å². The van der Waals surface area contributed by atoms with E-state index in [4.69, 9.17) is 0 Å². The summed E-state index contributed by atoms with van der Waals surface area (Å²) in [6.07, 6.45) is 4.27. The van der Waals surface area contributed by atoms with E-state index in [1.807, 2.05) is 7.05 Å². The van der Waals surface area contributed by atoms with E-state index >= 15 is 0 Å². The van der Waals surface area contributed by atoms with Crippen LogP contribution in [0.4, 0.5) is 11.8 Å². The molecule has 6 nitrogen and oxygen atoms in total. The molecule has 3 rings (SSSR count). The fourth-order valence-corrected chi connectivity index (χ4v) is 1.84. The Bertz CT molecular complexity index is 515. The third-order valence-corrected chi connectivity index (χ3v) is 2.94. The van der Waals surface area contributed by atoms with Crippen molar-refractivity contribution in [2.45, 2.75) is 18.9 Å². The van der Waals surface area contributed by atoms with Crippen LogP contribution in [0.2, 0.25) is 0 Å². The van der Waals surface area contributed by atoms with Crippen LogP contribution in [-0.4, -0.2) is 40.3 Å². The Morgan fingerprint density at radius 1 is 1.44 bits per heavy atom. The lowest BCUT2D eigenvalue weighted by Gasteiger charge is -2.18. The van der Waals surface area contributed by atoms with Crippen LogP contribution in [0.25, 0.3) is 11.0 Å². The van der Waals surface area contributed by atoms with Gasteiger partial charge in [0.2, 0.25) is 5.95 Å². The molecule has 1 aliphatic carbocycles. The van der Waals surface area contributed by atoms with E-state index < -0.39 is 0 Å². The number of anilines is 2. The number of aromatic nitrogens is 4. The number of hydrogen-bond acceptors (Lipinski definition) is 5. The molecule has 2 heterocycles. The molecule has 0 aromatic carbocycles. The first-order chi connectivity index (χ1) is 7.79. The number of hydrogen-bond donors (Lipinski definition) is 2. The molecule has 0 radical (unpaired) electrons. The summed E-state index contributed by atoms with van der Waals surface area (Å²) in [6.45, 7) is 0. The average molecular weight is 218 g/mol. The van der Waals surface area contributed by atoms with Crippen LogP contribution in [0.15, 0.2) is 6.20 Å². The van der Waals surface area contributed by atoms with Gasteiger partial charge >= 0.3 is 0 Å². The van der Waals surface area contributed by atoms with Gasteiger partial charge in [0.25, 0.3) is 0 Å². The van der Waals surface area contributed by atoms with Crippen LogP contribution in [0.1, 0.15) is 12.8 Å². The third-order valence-electron chi connectivity index (χ3n) is 2.94. The number of nitrogens with one attached hydrogen (secondary N) is 2. The smallest absolute Gasteiger partial charge is 0.226 e. The third kappa shape index (κ3) is 1.37. The minimum Gasteiger partial charge on any atom is -0.357 e. The molecule has 0 saturated heterocycles. The van der Waals surface area contributed by atoms with Crippen LogP contribution in [0.3, 0.4) is 0 Å². The summed E-state index contributed by atoms with van der Waals surface area (Å²) in [5.74, 6) is 1.57. The van der Waals surface area contributed by atoms with Crippen molar-refractivity contribution in [3.63, 3.8) is 0 Å². The topological polar surface area (TPSA) is 69.7 Å². The quantitative estimate of drug-likeness (QED) is 0.804. The second kappa shape index (κ2) is 3.33. The Kier molecular flexibility index (Phi) is 1.95. The van der Waals surface area contributed by atoms with Crippen LogP contribution >= 0.6 is 0 Å². The summed E-state index contributed by atoms with van der Waals surface area (Å²) in [4.78, 5) is 11.0. The molecule has 1 aliphatic rings. The summed E-state index contributed by atoms with van der Waals surface area (Å²) in [5, 5.41) is 10.8. The molecule has 84 valence electrons. The van der Waals surface area contributed by atoms with Crippen molar-refractivity contribution in [1.82, 2.24) is 20.2 Å². The highest BCUT2D eigenvalue weighted by atomic mass is 15.3. The molecule has 2 aromatic rings. The Hall–Kier alpha value is -1.85. The predicted molar refractivity (Wildman–Crippen MR) is 62.7 cm³/mol. The first-order valence-electron chi connectivity index (χ1n) is 5.41. The fourth-order valence-electron chi connectivity index (χ4n) is 1.84. The van der Waals surface area contributed by atoms with E-state index in [1.165, 1.54) is 12.8 Å². The second-order valence-corrected chi connectivity index (χ2v) is 4.10. The maximum absolute atomic E-state index is 4.50. The van der Waals surface area contributed by atoms with E-state index in [0.717, 1.165) is 16.9 Å². The van der Waals surface area contributed by atoms with E-state index in [1.54, 1.807) is 6.20 Å². The lowest BCUT2D eigenvalue weighted by Crippen LogP contribution is -2.21. The predicted octanol–water partition coefficient (Wildman–Crippen LogP) is 0.993. The summed E-state index contributed by atoms with van der Waals surface area (Å²) in [5.41, 5.74) is 0.779. The average Bonchev–Trinajstić information content (AvgIpc) is 3.05. The molecular formula is C10H14N6. The molecular weight excluding hydrogens is 204 g/mol. The Labute approximate surface area is 93.1 Å². The highest BCUT2D eigenvalue weighted by Crippen LogP contribution is 2.32. The van der Waals surface area contributed by atoms with Gasteiger partial charge in [-0.1, -0.05) is 0 Å². The molecule has 6 heteroatoms. The van der Waals surface area contributed by atoms with E-state index in [0.29, 0.717) is 12.0 Å².